The predicted molar refractivity (Wildman–Crippen MR) is 108 cm³/mol. The Labute approximate surface area is 164 Å². The van der Waals surface area contributed by atoms with Crippen molar-refractivity contribution in [2.45, 2.75) is 17.7 Å². The van der Waals surface area contributed by atoms with Gasteiger partial charge in [-0.05, 0) is 23.3 Å². The van der Waals surface area contributed by atoms with E-state index in [9.17, 15) is 9.00 Å². The van der Waals surface area contributed by atoms with Crippen molar-refractivity contribution < 1.29 is 14.1 Å². The highest BCUT2D eigenvalue weighted by Crippen LogP contribution is 2.27. The number of carboxylic acids is 1. The van der Waals surface area contributed by atoms with Gasteiger partial charge in [-0.2, -0.15) is 0 Å². The molecule has 3 rings (SSSR count). The number of nitrogens with zero attached hydrogens (tertiary/aromatic N) is 2. The van der Waals surface area contributed by atoms with Gasteiger partial charge in [-0.15, -0.1) is 0 Å². The van der Waals surface area contributed by atoms with Crippen LogP contribution in [0, 0.1) is 5.41 Å². The Kier molecular flexibility index (Phi) is 5.70. The molecule has 3 aromatic rings. The maximum Gasteiger partial charge on any atom is 0.303 e. The van der Waals surface area contributed by atoms with Crippen molar-refractivity contribution in [1.29, 1.82) is 5.41 Å². The summed E-state index contributed by atoms with van der Waals surface area (Å²) in [5.74, 6) is -0.860. The summed E-state index contributed by atoms with van der Waals surface area (Å²) in [5, 5.41) is 16.3. The smallest absolute Gasteiger partial charge is 0.303 e. The van der Waals surface area contributed by atoms with Crippen LogP contribution in [0.2, 0.25) is 0 Å². The normalized spacial score (nSPS) is 11.9. The van der Waals surface area contributed by atoms with Crippen LogP contribution in [0.15, 0.2) is 59.9 Å². The van der Waals surface area contributed by atoms with Crippen LogP contribution in [0.5, 0.6) is 0 Å². The fourth-order valence-corrected chi connectivity index (χ4v) is 3.60. The number of nitrogens with two attached hydrogens (primary N) is 1. The number of nitrogen functional groups attached to an aromatic ring is 1. The number of imidazole rings is 1. The highest BCUT2D eigenvalue weighted by atomic mass is 32.2. The zero-order chi connectivity index (χ0) is 20.3. The molecule has 0 amide bonds. The molecule has 0 aliphatic carbocycles. The topological polar surface area (TPSA) is 122 Å². The molecule has 1 heterocycles. The van der Waals surface area contributed by atoms with Gasteiger partial charge in [-0.3, -0.25) is 14.4 Å². The first-order valence-corrected chi connectivity index (χ1v) is 10.1. The minimum Gasteiger partial charge on any atom is -0.481 e. The SMILES string of the molecule is CS(=O)c1cc(-c2ccc(C(=N)N)cc2)ccc1-n1cnc(CCC(=O)O)c1. The summed E-state index contributed by atoms with van der Waals surface area (Å²) >= 11 is 0. The number of hydrogen-bond donors (Lipinski definition) is 3. The number of aryl methyl sites for hydroxylation is 1. The molecule has 1 atom stereocenters. The number of amidine groups is 1. The van der Waals surface area contributed by atoms with E-state index in [1.807, 2.05) is 30.3 Å². The maximum absolute atomic E-state index is 12.3. The molecule has 2 aromatic carbocycles. The van der Waals surface area contributed by atoms with Crippen molar-refractivity contribution in [1.82, 2.24) is 9.55 Å². The zero-order valence-electron chi connectivity index (χ0n) is 15.3. The van der Waals surface area contributed by atoms with Gasteiger partial charge in [0.2, 0.25) is 0 Å². The fourth-order valence-electron chi connectivity index (χ4n) is 2.84. The molecule has 1 unspecified atom stereocenters. The molecule has 0 saturated heterocycles. The van der Waals surface area contributed by atoms with Gasteiger partial charge in [-0.1, -0.05) is 30.3 Å². The molecular weight excluding hydrogens is 376 g/mol. The van der Waals surface area contributed by atoms with E-state index in [-0.39, 0.29) is 12.3 Å². The number of nitrogens with one attached hydrogen (secondary N) is 1. The molecule has 7 nitrogen and oxygen atoms in total. The lowest BCUT2D eigenvalue weighted by molar-refractivity contribution is -0.136. The molecule has 4 N–H and O–H groups in total. The second-order valence-corrected chi connectivity index (χ2v) is 7.64. The lowest BCUT2D eigenvalue weighted by Gasteiger charge is -2.11. The summed E-state index contributed by atoms with van der Waals surface area (Å²) in [6.45, 7) is 0. The van der Waals surface area contributed by atoms with E-state index in [2.05, 4.69) is 4.98 Å². The number of aliphatic carboxylic acids is 1. The predicted octanol–water partition coefficient (Wildman–Crippen LogP) is 2.58. The Morgan fingerprint density at radius 3 is 2.50 bits per heavy atom. The summed E-state index contributed by atoms with van der Waals surface area (Å²) in [7, 11) is -1.24. The Balaban J connectivity index is 1.94. The molecule has 28 heavy (non-hydrogen) atoms. The molecule has 8 heteroatoms. The van der Waals surface area contributed by atoms with Gasteiger partial charge in [0.1, 0.15) is 5.84 Å². The van der Waals surface area contributed by atoms with E-state index < -0.39 is 16.8 Å². The van der Waals surface area contributed by atoms with Crippen molar-refractivity contribution >= 4 is 22.6 Å². The lowest BCUT2D eigenvalue weighted by Crippen LogP contribution is -2.10. The lowest BCUT2D eigenvalue weighted by atomic mass is 10.0. The third-order valence-electron chi connectivity index (χ3n) is 4.31. The second kappa shape index (κ2) is 8.18. The molecule has 0 radical (unpaired) electrons. The van der Waals surface area contributed by atoms with Crippen LogP contribution >= 0.6 is 0 Å². The number of rotatable bonds is 7. The Morgan fingerprint density at radius 1 is 1.21 bits per heavy atom. The number of benzene rings is 2. The number of carboxylic acid groups (broad SMARTS) is 1. The van der Waals surface area contributed by atoms with Gasteiger partial charge >= 0.3 is 5.97 Å². The monoisotopic (exact) mass is 396 g/mol. The van der Waals surface area contributed by atoms with Crippen LogP contribution < -0.4 is 5.73 Å². The van der Waals surface area contributed by atoms with Crippen LogP contribution in [0.4, 0.5) is 0 Å². The van der Waals surface area contributed by atoms with E-state index >= 15 is 0 Å². The summed E-state index contributed by atoms with van der Waals surface area (Å²) in [6, 6.07) is 13.0. The molecule has 1 aromatic heterocycles. The standard InChI is InChI=1S/C20H20N4O3S/c1-28(27)18-10-15(13-2-4-14(5-3-13)20(21)22)6-8-17(18)24-11-16(23-12-24)7-9-19(25)26/h2-6,8,10-12H,7,9H2,1H3,(H3,21,22)(H,25,26). The van der Waals surface area contributed by atoms with Crippen LogP contribution in [0.3, 0.4) is 0 Å². The number of hydrogen-bond acceptors (Lipinski definition) is 4. The van der Waals surface area contributed by atoms with Gasteiger partial charge in [0.15, 0.2) is 0 Å². The van der Waals surface area contributed by atoms with Crippen molar-refractivity contribution in [3.05, 3.63) is 66.2 Å². The minimum atomic E-state index is -1.24. The molecule has 0 aliphatic heterocycles. The third kappa shape index (κ3) is 4.34. The van der Waals surface area contributed by atoms with Gasteiger partial charge in [-0.25, -0.2) is 4.98 Å². The third-order valence-corrected chi connectivity index (χ3v) is 5.25. The largest absolute Gasteiger partial charge is 0.481 e. The average Bonchev–Trinajstić information content (AvgIpc) is 3.15. The molecule has 0 fully saturated rings. The van der Waals surface area contributed by atoms with Crippen molar-refractivity contribution in [3.63, 3.8) is 0 Å². The zero-order valence-corrected chi connectivity index (χ0v) is 16.1. The minimum absolute atomic E-state index is 0.0102. The van der Waals surface area contributed by atoms with E-state index in [4.69, 9.17) is 16.2 Å². The first-order chi connectivity index (χ1) is 13.3. The molecule has 144 valence electrons. The summed E-state index contributed by atoms with van der Waals surface area (Å²) in [4.78, 5) is 15.6. The van der Waals surface area contributed by atoms with Gasteiger partial charge in [0.05, 0.1) is 39.8 Å². The molecule has 0 bridgehead atoms. The Morgan fingerprint density at radius 2 is 1.89 bits per heavy atom. The molecule has 0 aliphatic rings. The first-order valence-electron chi connectivity index (χ1n) is 8.52. The highest BCUT2D eigenvalue weighted by Gasteiger charge is 2.12. The van der Waals surface area contributed by atoms with E-state index in [1.165, 1.54) is 0 Å². The van der Waals surface area contributed by atoms with Gasteiger partial charge in [0, 0.05) is 24.4 Å². The Bertz CT molecular complexity index is 1060. The van der Waals surface area contributed by atoms with Gasteiger partial charge < -0.3 is 15.4 Å². The van der Waals surface area contributed by atoms with Crippen molar-refractivity contribution in [2.75, 3.05) is 6.26 Å². The summed E-state index contributed by atoms with van der Waals surface area (Å²) < 4.78 is 14.1. The molecule has 0 spiro atoms. The molecule has 0 saturated carbocycles. The van der Waals surface area contributed by atoms with Crippen molar-refractivity contribution in [3.8, 4) is 16.8 Å². The first kappa shape index (κ1) is 19.5. The van der Waals surface area contributed by atoms with E-state index in [0.29, 0.717) is 22.6 Å². The van der Waals surface area contributed by atoms with Crippen LogP contribution in [0.25, 0.3) is 16.8 Å². The highest BCUT2D eigenvalue weighted by molar-refractivity contribution is 7.84. The van der Waals surface area contributed by atoms with Crippen LogP contribution in [-0.4, -0.2) is 36.9 Å². The molecular formula is C20H20N4O3S. The average molecular weight is 396 g/mol. The number of carbonyl (C=O) groups is 1. The van der Waals surface area contributed by atoms with Gasteiger partial charge in [0.25, 0.3) is 0 Å². The quantitative estimate of drug-likeness (QED) is 0.418. The fraction of sp³-hybridized carbons (Fsp3) is 0.150. The maximum atomic E-state index is 12.3. The number of aromatic nitrogens is 2. The van der Waals surface area contributed by atoms with E-state index in [1.54, 1.807) is 35.5 Å². The van der Waals surface area contributed by atoms with Crippen molar-refractivity contribution in [2.24, 2.45) is 5.73 Å². The van der Waals surface area contributed by atoms with Crippen LogP contribution in [0.1, 0.15) is 17.7 Å². The van der Waals surface area contributed by atoms with Crippen LogP contribution in [-0.2, 0) is 22.0 Å². The van der Waals surface area contributed by atoms with E-state index in [0.717, 1.165) is 16.8 Å². The Hall–Kier alpha value is -3.26. The summed E-state index contributed by atoms with van der Waals surface area (Å²) in [5.41, 5.74) is 9.36. The summed E-state index contributed by atoms with van der Waals surface area (Å²) in [6.07, 6.45) is 5.33. The second-order valence-electron chi connectivity index (χ2n) is 6.29.